The molecule has 5 heteroatoms. The summed E-state index contributed by atoms with van der Waals surface area (Å²) >= 11 is 0. The Hall–Kier alpha value is -3.34. The van der Waals surface area contributed by atoms with E-state index < -0.39 is 0 Å². The maximum Gasteiger partial charge on any atom is 0.255 e. The van der Waals surface area contributed by atoms with Crippen LogP contribution in [0.5, 0.6) is 0 Å². The normalized spacial score (nSPS) is 11.1. The first-order chi connectivity index (χ1) is 12.1. The minimum Gasteiger partial charge on any atom is -0.350 e. The molecular weight excluding hydrogens is 314 g/mol. The Morgan fingerprint density at radius 3 is 2.52 bits per heavy atom. The second kappa shape index (κ2) is 5.94. The summed E-state index contributed by atoms with van der Waals surface area (Å²) in [5.41, 5.74) is 2.41. The molecule has 0 unspecified atom stereocenters. The highest BCUT2D eigenvalue weighted by molar-refractivity contribution is 6.07. The van der Waals surface area contributed by atoms with Crippen molar-refractivity contribution in [2.24, 2.45) is 7.05 Å². The van der Waals surface area contributed by atoms with Gasteiger partial charge in [0, 0.05) is 42.3 Å². The van der Waals surface area contributed by atoms with Crippen molar-refractivity contribution in [3.63, 3.8) is 0 Å². The van der Waals surface area contributed by atoms with Gasteiger partial charge in [0.1, 0.15) is 0 Å². The van der Waals surface area contributed by atoms with Crippen molar-refractivity contribution in [3.05, 3.63) is 82.4 Å². The fourth-order valence-corrected chi connectivity index (χ4v) is 3.21. The minimum absolute atomic E-state index is 0.125. The third kappa shape index (κ3) is 2.59. The van der Waals surface area contributed by atoms with Crippen molar-refractivity contribution in [1.29, 1.82) is 0 Å². The summed E-state index contributed by atoms with van der Waals surface area (Å²) in [5.74, 6) is -0.132. The Kier molecular flexibility index (Phi) is 3.61. The highest BCUT2D eigenvalue weighted by Gasteiger charge is 2.14. The number of aromatic nitrogens is 2. The number of hydrogen-bond acceptors (Lipinski definition) is 2. The summed E-state index contributed by atoms with van der Waals surface area (Å²) < 4.78 is 1.94. The molecule has 2 heterocycles. The van der Waals surface area contributed by atoms with E-state index in [1.165, 1.54) is 0 Å². The van der Waals surface area contributed by atoms with Gasteiger partial charge in [0.2, 0.25) is 0 Å². The molecule has 0 atom stereocenters. The number of carbonyl (C=O) groups excluding carboxylic acids is 1. The lowest BCUT2D eigenvalue weighted by Crippen LogP contribution is -2.23. The number of aromatic amines is 1. The summed E-state index contributed by atoms with van der Waals surface area (Å²) in [6, 6.07) is 15.2. The lowest BCUT2D eigenvalue weighted by Gasteiger charge is -2.08. The van der Waals surface area contributed by atoms with Gasteiger partial charge in [-0.25, -0.2) is 0 Å². The van der Waals surface area contributed by atoms with E-state index in [0.717, 1.165) is 21.9 Å². The smallest absolute Gasteiger partial charge is 0.255 e. The molecule has 0 aliphatic rings. The number of aryl methyl sites for hydroxylation is 1. The molecule has 25 heavy (non-hydrogen) atoms. The van der Waals surface area contributed by atoms with Gasteiger partial charge in [0.15, 0.2) is 0 Å². The molecule has 0 saturated heterocycles. The van der Waals surface area contributed by atoms with Crippen LogP contribution < -0.4 is 10.9 Å². The number of amides is 1. The van der Waals surface area contributed by atoms with Gasteiger partial charge in [0.25, 0.3) is 11.5 Å². The predicted molar refractivity (Wildman–Crippen MR) is 98.7 cm³/mol. The van der Waals surface area contributed by atoms with Gasteiger partial charge in [0.05, 0.1) is 5.56 Å². The Morgan fingerprint density at radius 2 is 1.72 bits per heavy atom. The fraction of sp³-hybridized carbons (Fsp3) is 0.100. The van der Waals surface area contributed by atoms with Gasteiger partial charge in [-0.2, -0.15) is 0 Å². The number of benzene rings is 2. The van der Waals surface area contributed by atoms with Crippen LogP contribution in [-0.4, -0.2) is 15.5 Å². The summed E-state index contributed by atoms with van der Waals surface area (Å²) in [4.78, 5) is 27.3. The average molecular weight is 331 g/mol. The van der Waals surface area contributed by atoms with E-state index in [9.17, 15) is 9.59 Å². The topological polar surface area (TPSA) is 66.9 Å². The molecule has 2 N–H and O–H groups in total. The first kappa shape index (κ1) is 15.2. The second-order valence-electron chi connectivity index (χ2n) is 6.04. The molecule has 4 rings (SSSR count). The largest absolute Gasteiger partial charge is 0.350 e. The predicted octanol–water partition coefficient (Wildman–Crippen LogP) is 2.95. The summed E-state index contributed by atoms with van der Waals surface area (Å²) in [6.07, 6.45) is 3.50. The Labute approximate surface area is 143 Å². The quantitative estimate of drug-likeness (QED) is 0.606. The van der Waals surface area contributed by atoms with Crippen LogP contribution in [0, 0.1) is 0 Å². The Bertz CT molecular complexity index is 1150. The zero-order valence-electron chi connectivity index (χ0n) is 13.7. The first-order valence-corrected chi connectivity index (χ1v) is 8.07. The highest BCUT2D eigenvalue weighted by Crippen LogP contribution is 2.20. The van der Waals surface area contributed by atoms with Gasteiger partial charge in [-0.05, 0) is 23.1 Å². The third-order valence-electron chi connectivity index (χ3n) is 4.48. The van der Waals surface area contributed by atoms with Gasteiger partial charge in [-0.3, -0.25) is 9.59 Å². The number of fused-ring (bicyclic) bond motifs is 2. The van der Waals surface area contributed by atoms with Gasteiger partial charge in [-0.15, -0.1) is 0 Å². The molecule has 124 valence electrons. The number of para-hydroxylation sites is 1. The van der Waals surface area contributed by atoms with E-state index in [4.69, 9.17) is 0 Å². The standard InChI is InChI=1S/C20H17N3O2/c1-23-12-17(15-7-4-5-9-18(15)23)20(25)22-11-13-10-21-19(24)16-8-3-2-6-14(13)16/h2-10,12H,11H2,1H3,(H,21,24)(H,22,25). The van der Waals surface area contributed by atoms with Crippen LogP contribution in [0.1, 0.15) is 15.9 Å². The van der Waals surface area contributed by atoms with Crippen LogP contribution in [-0.2, 0) is 13.6 Å². The summed E-state index contributed by atoms with van der Waals surface area (Å²) in [7, 11) is 1.93. The number of nitrogens with one attached hydrogen (secondary N) is 2. The van der Waals surface area contributed by atoms with E-state index in [1.54, 1.807) is 12.3 Å². The van der Waals surface area contributed by atoms with Crippen molar-refractivity contribution in [2.75, 3.05) is 0 Å². The lowest BCUT2D eigenvalue weighted by atomic mass is 10.1. The van der Waals surface area contributed by atoms with Crippen LogP contribution in [0.25, 0.3) is 21.7 Å². The first-order valence-electron chi connectivity index (χ1n) is 8.07. The van der Waals surface area contributed by atoms with Crippen molar-refractivity contribution in [1.82, 2.24) is 14.9 Å². The fourth-order valence-electron chi connectivity index (χ4n) is 3.21. The molecular formula is C20H17N3O2. The Balaban J connectivity index is 1.64. The zero-order chi connectivity index (χ0) is 17.4. The number of pyridine rings is 1. The van der Waals surface area contributed by atoms with Crippen LogP contribution in [0.15, 0.2) is 65.7 Å². The van der Waals surface area contributed by atoms with E-state index in [-0.39, 0.29) is 11.5 Å². The van der Waals surface area contributed by atoms with Crippen LogP contribution in [0.4, 0.5) is 0 Å². The Morgan fingerprint density at radius 1 is 1.04 bits per heavy atom. The number of rotatable bonds is 3. The molecule has 0 bridgehead atoms. The summed E-state index contributed by atoms with van der Waals surface area (Å²) in [6.45, 7) is 0.347. The number of nitrogens with zero attached hydrogens (tertiary/aromatic N) is 1. The number of H-pyrrole nitrogens is 1. The highest BCUT2D eigenvalue weighted by atomic mass is 16.1. The average Bonchev–Trinajstić information content (AvgIpc) is 2.98. The van der Waals surface area contributed by atoms with Crippen LogP contribution in [0.3, 0.4) is 0 Å². The molecule has 2 aromatic heterocycles. The van der Waals surface area contributed by atoms with Crippen LogP contribution >= 0.6 is 0 Å². The molecule has 0 aliphatic heterocycles. The SMILES string of the molecule is Cn1cc(C(=O)NCc2c[nH]c(=O)c3ccccc23)c2ccccc21. The number of hydrogen-bond donors (Lipinski definition) is 2. The van der Waals surface area contributed by atoms with Gasteiger partial charge < -0.3 is 14.9 Å². The monoisotopic (exact) mass is 331 g/mol. The molecule has 0 radical (unpaired) electrons. The summed E-state index contributed by atoms with van der Waals surface area (Å²) in [5, 5.41) is 5.36. The van der Waals surface area contributed by atoms with E-state index in [1.807, 2.05) is 60.3 Å². The third-order valence-corrected chi connectivity index (χ3v) is 4.48. The molecule has 4 aromatic rings. The maximum atomic E-state index is 12.7. The van der Waals surface area contributed by atoms with Gasteiger partial charge in [-0.1, -0.05) is 36.4 Å². The van der Waals surface area contributed by atoms with E-state index in [2.05, 4.69) is 10.3 Å². The number of carbonyl (C=O) groups is 1. The van der Waals surface area contributed by atoms with E-state index >= 15 is 0 Å². The zero-order valence-corrected chi connectivity index (χ0v) is 13.7. The van der Waals surface area contributed by atoms with Crippen molar-refractivity contribution < 1.29 is 4.79 Å². The maximum absolute atomic E-state index is 12.7. The molecule has 0 saturated carbocycles. The molecule has 5 nitrogen and oxygen atoms in total. The minimum atomic E-state index is -0.132. The van der Waals surface area contributed by atoms with Crippen LogP contribution in [0.2, 0.25) is 0 Å². The molecule has 2 aromatic carbocycles. The van der Waals surface area contributed by atoms with E-state index in [0.29, 0.717) is 17.5 Å². The van der Waals surface area contributed by atoms with Crippen molar-refractivity contribution in [3.8, 4) is 0 Å². The molecule has 0 fully saturated rings. The lowest BCUT2D eigenvalue weighted by molar-refractivity contribution is 0.0952. The van der Waals surface area contributed by atoms with Gasteiger partial charge >= 0.3 is 0 Å². The second-order valence-corrected chi connectivity index (χ2v) is 6.04. The molecule has 1 amide bonds. The van der Waals surface area contributed by atoms with Crippen molar-refractivity contribution in [2.45, 2.75) is 6.54 Å². The molecule has 0 aliphatic carbocycles. The molecule has 0 spiro atoms. The van der Waals surface area contributed by atoms with Crippen molar-refractivity contribution >= 4 is 27.6 Å².